The highest BCUT2D eigenvalue weighted by molar-refractivity contribution is 5.91. The van der Waals surface area contributed by atoms with Gasteiger partial charge in [0.15, 0.2) is 0 Å². The van der Waals surface area contributed by atoms with Gasteiger partial charge in [-0.1, -0.05) is 62.7 Å². The minimum absolute atomic E-state index is 0.0757. The Balaban J connectivity index is 2.01. The fourth-order valence-electron chi connectivity index (χ4n) is 2.95. The van der Waals surface area contributed by atoms with Crippen molar-refractivity contribution in [3.05, 3.63) is 65.7 Å². The van der Waals surface area contributed by atoms with Crippen LogP contribution in [0.2, 0.25) is 0 Å². The molecule has 3 atom stereocenters. The fourth-order valence-corrected chi connectivity index (χ4v) is 2.95. The Bertz CT molecular complexity index is 871. The highest BCUT2D eigenvalue weighted by Gasteiger charge is 2.29. The third-order valence-electron chi connectivity index (χ3n) is 5.02. The second-order valence-corrected chi connectivity index (χ2v) is 7.40. The van der Waals surface area contributed by atoms with E-state index in [-0.39, 0.29) is 24.7 Å². The summed E-state index contributed by atoms with van der Waals surface area (Å²) >= 11 is 0. The van der Waals surface area contributed by atoms with Crippen molar-refractivity contribution >= 4 is 17.9 Å². The molecule has 3 amide bonds. The van der Waals surface area contributed by atoms with Gasteiger partial charge in [0, 0.05) is 6.42 Å². The zero-order valence-corrected chi connectivity index (χ0v) is 17.7. The van der Waals surface area contributed by atoms with E-state index in [1.807, 2.05) is 44.2 Å². The van der Waals surface area contributed by atoms with E-state index >= 15 is 0 Å². The smallest absolute Gasteiger partial charge is 0.408 e. The largest absolute Gasteiger partial charge is 0.508 e. The molecule has 0 bridgehead atoms. The average Bonchev–Trinajstić information content (AvgIpc) is 2.77. The number of hydrogen-bond acceptors (Lipinski definition) is 5. The van der Waals surface area contributed by atoms with E-state index in [1.165, 1.54) is 12.1 Å². The SMILES string of the molecule is CCC(C)C(NC(=O)OCc1ccccc1)C(=O)N[C@@H](Cc1ccc(O)cc1)C(N)=O. The first-order chi connectivity index (χ1) is 14.8. The third-order valence-corrected chi connectivity index (χ3v) is 5.02. The lowest BCUT2D eigenvalue weighted by Gasteiger charge is -2.25. The molecule has 0 radical (unpaired) electrons. The van der Waals surface area contributed by atoms with Crippen LogP contribution in [0.3, 0.4) is 0 Å². The van der Waals surface area contributed by atoms with Gasteiger partial charge in [0.05, 0.1) is 0 Å². The lowest BCUT2D eigenvalue weighted by atomic mass is 9.97. The Hall–Kier alpha value is -3.55. The summed E-state index contributed by atoms with van der Waals surface area (Å²) in [7, 11) is 0. The first kappa shape index (κ1) is 23.7. The van der Waals surface area contributed by atoms with Crippen molar-refractivity contribution < 1.29 is 24.2 Å². The minimum atomic E-state index is -0.967. The number of hydrogen-bond donors (Lipinski definition) is 4. The van der Waals surface area contributed by atoms with Crippen molar-refractivity contribution in [2.24, 2.45) is 11.7 Å². The summed E-state index contributed by atoms with van der Waals surface area (Å²) < 4.78 is 5.22. The topological polar surface area (TPSA) is 131 Å². The fraction of sp³-hybridized carbons (Fsp3) is 0.348. The summed E-state index contributed by atoms with van der Waals surface area (Å²) in [6.07, 6.45) is 0.0574. The quantitative estimate of drug-likeness (QED) is 0.462. The van der Waals surface area contributed by atoms with Crippen LogP contribution in [-0.2, 0) is 27.4 Å². The second-order valence-electron chi connectivity index (χ2n) is 7.40. The van der Waals surface area contributed by atoms with Gasteiger partial charge in [-0.25, -0.2) is 4.79 Å². The van der Waals surface area contributed by atoms with Gasteiger partial charge in [0.25, 0.3) is 0 Å². The Labute approximate surface area is 181 Å². The highest BCUT2D eigenvalue weighted by atomic mass is 16.5. The van der Waals surface area contributed by atoms with E-state index < -0.39 is 30.0 Å². The maximum atomic E-state index is 12.9. The van der Waals surface area contributed by atoms with Gasteiger partial charge in [0.1, 0.15) is 24.4 Å². The Morgan fingerprint density at radius 3 is 2.23 bits per heavy atom. The summed E-state index contributed by atoms with van der Waals surface area (Å²) in [4.78, 5) is 37.0. The van der Waals surface area contributed by atoms with Crippen LogP contribution >= 0.6 is 0 Å². The molecule has 8 nitrogen and oxygen atoms in total. The predicted molar refractivity (Wildman–Crippen MR) is 116 cm³/mol. The number of carbonyl (C=O) groups is 3. The molecule has 2 aromatic carbocycles. The van der Waals surface area contributed by atoms with Crippen LogP contribution < -0.4 is 16.4 Å². The maximum absolute atomic E-state index is 12.9. The van der Waals surface area contributed by atoms with E-state index in [1.54, 1.807) is 12.1 Å². The number of benzene rings is 2. The van der Waals surface area contributed by atoms with Gasteiger partial charge in [-0.15, -0.1) is 0 Å². The molecule has 0 aliphatic carbocycles. The zero-order valence-electron chi connectivity index (χ0n) is 17.7. The third kappa shape index (κ3) is 7.65. The number of phenols is 1. The molecule has 0 saturated carbocycles. The van der Waals surface area contributed by atoms with Crippen LogP contribution in [0.25, 0.3) is 0 Å². The first-order valence-corrected chi connectivity index (χ1v) is 10.1. The molecular formula is C23H29N3O5. The molecule has 0 saturated heterocycles. The second kappa shape index (κ2) is 11.6. The molecule has 0 aliphatic heterocycles. The Morgan fingerprint density at radius 1 is 1.00 bits per heavy atom. The number of alkyl carbamates (subject to hydrolysis) is 1. The normalized spacial score (nSPS) is 13.5. The molecule has 2 rings (SSSR count). The number of nitrogens with two attached hydrogens (primary N) is 1. The molecule has 5 N–H and O–H groups in total. The van der Waals surface area contributed by atoms with E-state index in [4.69, 9.17) is 10.5 Å². The first-order valence-electron chi connectivity index (χ1n) is 10.1. The molecule has 2 aromatic rings. The van der Waals surface area contributed by atoms with Crippen LogP contribution in [0.4, 0.5) is 4.79 Å². The van der Waals surface area contributed by atoms with Crippen molar-refractivity contribution in [3.63, 3.8) is 0 Å². The predicted octanol–water partition coefficient (Wildman–Crippen LogP) is 2.25. The number of phenolic OH excluding ortho intramolecular Hbond substituents is 1. The van der Waals surface area contributed by atoms with Crippen LogP contribution in [0.15, 0.2) is 54.6 Å². The van der Waals surface area contributed by atoms with Crippen molar-refractivity contribution in [2.75, 3.05) is 0 Å². The summed E-state index contributed by atoms with van der Waals surface area (Å²) in [6, 6.07) is 13.6. The van der Waals surface area contributed by atoms with Gasteiger partial charge in [-0.05, 0) is 29.2 Å². The van der Waals surface area contributed by atoms with E-state index in [0.717, 1.165) is 11.1 Å². The van der Waals surface area contributed by atoms with Crippen LogP contribution in [0.1, 0.15) is 31.4 Å². The van der Waals surface area contributed by atoms with Gasteiger partial charge in [-0.2, -0.15) is 0 Å². The van der Waals surface area contributed by atoms with Gasteiger partial charge >= 0.3 is 6.09 Å². The number of carbonyl (C=O) groups excluding carboxylic acids is 3. The van der Waals surface area contributed by atoms with Crippen LogP contribution in [0, 0.1) is 5.92 Å². The molecule has 0 spiro atoms. The number of nitrogens with one attached hydrogen (secondary N) is 2. The van der Waals surface area contributed by atoms with Crippen molar-refractivity contribution in [1.29, 1.82) is 0 Å². The Kier molecular flexibility index (Phi) is 8.87. The van der Waals surface area contributed by atoms with Crippen LogP contribution in [-0.4, -0.2) is 35.1 Å². The lowest BCUT2D eigenvalue weighted by molar-refractivity contribution is -0.129. The average molecular weight is 428 g/mol. The molecule has 8 heteroatoms. The molecule has 2 unspecified atom stereocenters. The molecular weight excluding hydrogens is 398 g/mol. The number of rotatable bonds is 10. The van der Waals surface area contributed by atoms with Gasteiger partial charge in [-0.3, -0.25) is 9.59 Å². The molecule has 0 aromatic heterocycles. The summed E-state index contributed by atoms with van der Waals surface area (Å²) in [5.74, 6) is -1.32. The van der Waals surface area contributed by atoms with Crippen molar-refractivity contribution in [3.8, 4) is 5.75 Å². The number of amides is 3. The van der Waals surface area contributed by atoms with Gasteiger partial charge < -0.3 is 26.2 Å². The molecule has 31 heavy (non-hydrogen) atoms. The highest BCUT2D eigenvalue weighted by Crippen LogP contribution is 2.13. The number of primary amides is 1. The minimum Gasteiger partial charge on any atom is -0.508 e. The summed E-state index contributed by atoms with van der Waals surface area (Å²) in [5, 5.41) is 14.6. The zero-order chi connectivity index (χ0) is 22.8. The molecule has 0 aliphatic rings. The van der Waals surface area contributed by atoms with E-state index in [9.17, 15) is 19.5 Å². The molecule has 0 heterocycles. The molecule has 0 fully saturated rings. The van der Waals surface area contributed by atoms with E-state index in [2.05, 4.69) is 10.6 Å². The van der Waals surface area contributed by atoms with E-state index in [0.29, 0.717) is 6.42 Å². The number of ether oxygens (including phenoxy) is 1. The standard InChI is InChI=1S/C23H29N3O5/c1-3-15(2)20(26-23(30)31-14-17-7-5-4-6-8-17)22(29)25-19(21(24)28)13-16-9-11-18(27)12-10-16/h4-12,15,19-20,27H,3,13-14H2,1-2H3,(H2,24,28)(H,25,29)(H,26,30)/t15?,19-,20?/m0/s1. The Morgan fingerprint density at radius 2 is 1.65 bits per heavy atom. The van der Waals surface area contributed by atoms with Crippen molar-refractivity contribution in [1.82, 2.24) is 10.6 Å². The van der Waals surface area contributed by atoms with Crippen molar-refractivity contribution in [2.45, 2.75) is 45.4 Å². The molecule has 166 valence electrons. The number of aromatic hydroxyl groups is 1. The monoisotopic (exact) mass is 427 g/mol. The lowest BCUT2D eigenvalue weighted by Crippen LogP contribution is -2.55. The summed E-state index contributed by atoms with van der Waals surface area (Å²) in [6.45, 7) is 3.79. The maximum Gasteiger partial charge on any atom is 0.408 e. The summed E-state index contributed by atoms with van der Waals surface area (Å²) in [5.41, 5.74) is 7.01. The van der Waals surface area contributed by atoms with Crippen LogP contribution in [0.5, 0.6) is 5.75 Å². The van der Waals surface area contributed by atoms with Gasteiger partial charge in [0.2, 0.25) is 11.8 Å².